The van der Waals surface area contributed by atoms with E-state index in [1.54, 1.807) is 24.3 Å². The van der Waals surface area contributed by atoms with E-state index in [-0.39, 0.29) is 5.91 Å². The molecular formula is C16H22IN3O4S. The Morgan fingerprint density at radius 3 is 2.20 bits per heavy atom. The zero-order valence-electron chi connectivity index (χ0n) is 13.9. The molecule has 25 heavy (non-hydrogen) atoms. The molecule has 0 atom stereocenters. The molecule has 3 rings (SSSR count). The van der Waals surface area contributed by atoms with Crippen molar-refractivity contribution in [2.75, 3.05) is 59.0 Å². The van der Waals surface area contributed by atoms with Crippen LogP contribution in [0.15, 0.2) is 29.2 Å². The number of rotatable bonds is 4. The van der Waals surface area contributed by atoms with Gasteiger partial charge in [-0.3, -0.25) is 9.69 Å². The summed E-state index contributed by atoms with van der Waals surface area (Å²) in [6, 6.07) is 6.88. The quantitative estimate of drug-likeness (QED) is 0.587. The van der Waals surface area contributed by atoms with Crippen LogP contribution in [-0.2, 0) is 19.6 Å². The molecule has 1 aromatic carbocycles. The van der Waals surface area contributed by atoms with E-state index in [1.807, 2.05) is 9.80 Å². The van der Waals surface area contributed by atoms with Gasteiger partial charge in [-0.15, -0.1) is 0 Å². The molecule has 2 aliphatic rings. The predicted octanol–water partition coefficient (Wildman–Crippen LogP) is 0.456. The van der Waals surface area contributed by atoms with E-state index in [9.17, 15) is 13.2 Å². The van der Waals surface area contributed by atoms with Gasteiger partial charge in [-0.05, 0) is 46.9 Å². The van der Waals surface area contributed by atoms with Crippen molar-refractivity contribution < 1.29 is 17.9 Å². The van der Waals surface area contributed by atoms with Crippen LogP contribution in [-0.4, -0.2) is 87.5 Å². The lowest BCUT2D eigenvalue weighted by molar-refractivity contribution is -0.136. The Balaban J connectivity index is 1.54. The van der Waals surface area contributed by atoms with Crippen LogP contribution >= 0.6 is 22.6 Å². The molecule has 0 bridgehead atoms. The number of carbonyl (C=O) groups is 1. The molecule has 0 spiro atoms. The molecule has 0 aromatic heterocycles. The highest BCUT2D eigenvalue weighted by Gasteiger charge is 2.29. The summed E-state index contributed by atoms with van der Waals surface area (Å²) < 4.78 is 33.1. The third-order valence-corrected chi connectivity index (χ3v) is 7.14. The first-order chi connectivity index (χ1) is 12.0. The molecule has 138 valence electrons. The van der Waals surface area contributed by atoms with E-state index >= 15 is 0 Å². The van der Waals surface area contributed by atoms with E-state index in [2.05, 4.69) is 22.6 Å². The number of nitrogens with zero attached hydrogens (tertiary/aromatic N) is 3. The monoisotopic (exact) mass is 479 g/mol. The van der Waals surface area contributed by atoms with Crippen LogP contribution in [0.3, 0.4) is 0 Å². The largest absolute Gasteiger partial charge is 0.378 e. The molecule has 0 N–H and O–H groups in total. The highest BCUT2D eigenvalue weighted by Crippen LogP contribution is 2.19. The first kappa shape index (κ1) is 19.0. The fraction of sp³-hybridized carbons (Fsp3) is 0.562. The Morgan fingerprint density at radius 2 is 1.60 bits per heavy atom. The van der Waals surface area contributed by atoms with Gasteiger partial charge in [0, 0.05) is 42.8 Å². The summed E-state index contributed by atoms with van der Waals surface area (Å²) >= 11 is 2.15. The zero-order chi connectivity index (χ0) is 17.9. The lowest BCUT2D eigenvalue weighted by Gasteiger charge is -2.35. The number of sulfonamides is 1. The summed E-state index contributed by atoms with van der Waals surface area (Å²) in [7, 11) is -3.46. The molecule has 2 heterocycles. The summed E-state index contributed by atoms with van der Waals surface area (Å²) in [5.74, 6) is 0.0947. The number of morpholine rings is 1. The van der Waals surface area contributed by atoms with Crippen LogP contribution in [0.25, 0.3) is 0 Å². The van der Waals surface area contributed by atoms with Crippen molar-refractivity contribution in [1.82, 2.24) is 14.1 Å². The lowest BCUT2D eigenvalue weighted by atomic mass is 10.3. The molecule has 0 radical (unpaired) electrons. The zero-order valence-corrected chi connectivity index (χ0v) is 16.9. The third kappa shape index (κ3) is 4.70. The van der Waals surface area contributed by atoms with Crippen LogP contribution in [0, 0.1) is 3.57 Å². The summed E-state index contributed by atoms with van der Waals surface area (Å²) in [6.07, 6.45) is 0. The second-order valence-corrected chi connectivity index (χ2v) is 9.31. The van der Waals surface area contributed by atoms with Crippen molar-refractivity contribution >= 4 is 38.5 Å². The Hall–Kier alpha value is -0.750. The van der Waals surface area contributed by atoms with Gasteiger partial charge >= 0.3 is 0 Å². The van der Waals surface area contributed by atoms with Crippen molar-refractivity contribution in [2.45, 2.75) is 4.90 Å². The first-order valence-electron chi connectivity index (χ1n) is 8.30. The van der Waals surface area contributed by atoms with E-state index in [0.29, 0.717) is 63.9 Å². The van der Waals surface area contributed by atoms with Crippen molar-refractivity contribution in [1.29, 1.82) is 0 Å². The summed E-state index contributed by atoms with van der Waals surface area (Å²) in [5.41, 5.74) is 0. The Bertz CT molecular complexity index is 697. The van der Waals surface area contributed by atoms with E-state index in [4.69, 9.17) is 4.74 Å². The smallest absolute Gasteiger partial charge is 0.243 e. The number of hydrogen-bond donors (Lipinski definition) is 0. The number of hydrogen-bond acceptors (Lipinski definition) is 5. The predicted molar refractivity (Wildman–Crippen MR) is 102 cm³/mol. The van der Waals surface area contributed by atoms with E-state index in [0.717, 1.165) is 3.57 Å². The molecule has 1 aromatic rings. The third-order valence-electron chi connectivity index (χ3n) is 4.51. The van der Waals surface area contributed by atoms with Crippen LogP contribution in [0.4, 0.5) is 0 Å². The topological polar surface area (TPSA) is 70.2 Å². The highest BCUT2D eigenvalue weighted by atomic mass is 127. The molecule has 2 fully saturated rings. The van der Waals surface area contributed by atoms with Crippen LogP contribution in [0.5, 0.6) is 0 Å². The molecule has 1 amide bonds. The number of ether oxygens (including phenoxy) is 1. The van der Waals surface area contributed by atoms with Gasteiger partial charge < -0.3 is 9.64 Å². The van der Waals surface area contributed by atoms with Crippen molar-refractivity contribution in [3.63, 3.8) is 0 Å². The van der Waals surface area contributed by atoms with Gasteiger partial charge in [-0.1, -0.05) is 0 Å². The molecule has 0 saturated carbocycles. The number of piperazine rings is 1. The minimum Gasteiger partial charge on any atom is -0.378 e. The van der Waals surface area contributed by atoms with Gasteiger partial charge in [0.1, 0.15) is 0 Å². The molecule has 0 aliphatic carbocycles. The first-order valence-corrected chi connectivity index (χ1v) is 10.8. The molecule has 7 nitrogen and oxygen atoms in total. The number of carbonyl (C=O) groups excluding carboxylic acids is 1. The van der Waals surface area contributed by atoms with Gasteiger partial charge in [0.05, 0.1) is 24.7 Å². The van der Waals surface area contributed by atoms with Gasteiger partial charge in [0.15, 0.2) is 0 Å². The van der Waals surface area contributed by atoms with Gasteiger partial charge in [-0.25, -0.2) is 8.42 Å². The molecular weight excluding hydrogens is 457 g/mol. The minimum absolute atomic E-state index is 0.0947. The summed E-state index contributed by atoms with van der Waals surface area (Å²) in [6.45, 7) is 4.76. The van der Waals surface area contributed by atoms with Gasteiger partial charge in [-0.2, -0.15) is 4.31 Å². The minimum atomic E-state index is -3.46. The van der Waals surface area contributed by atoms with E-state index in [1.165, 1.54) is 4.31 Å². The molecule has 0 unspecified atom stereocenters. The summed E-state index contributed by atoms with van der Waals surface area (Å²) in [4.78, 5) is 16.5. The number of benzene rings is 1. The average Bonchev–Trinajstić information content (AvgIpc) is 2.63. The SMILES string of the molecule is O=C(CN1CCN(S(=O)(=O)c2ccc(I)cc2)CC1)N1CCOCC1. The molecule has 2 aliphatic heterocycles. The standard InChI is InChI=1S/C16H22IN3O4S/c17-14-1-3-15(4-2-14)25(22,23)20-7-5-18(6-8-20)13-16(21)19-9-11-24-12-10-19/h1-4H,5-13H2. The lowest BCUT2D eigenvalue weighted by Crippen LogP contribution is -2.52. The van der Waals surface area contributed by atoms with Crippen LogP contribution in [0.2, 0.25) is 0 Å². The van der Waals surface area contributed by atoms with Gasteiger partial charge in [0.2, 0.25) is 15.9 Å². The number of halogens is 1. The fourth-order valence-electron chi connectivity index (χ4n) is 2.99. The van der Waals surface area contributed by atoms with Crippen molar-refractivity contribution in [2.24, 2.45) is 0 Å². The van der Waals surface area contributed by atoms with Crippen molar-refractivity contribution in [3.8, 4) is 0 Å². The highest BCUT2D eigenvalue weighted by molar-refractivity contribution is 14.1. The molecule has 9 heteroatoms. The van der Waals surface area contributed by atoms with E-state index < -0.39 is 10.0 Å². The van der Waals surface area contributed by atoms with Crippen LogP contribution < -0.4 is 0 Å². The normalized spacial score (nSPS) is 20.6. The maximum atomic E-state index is 12.7. The maximum absolute atomic E-state index is 12.7. The van der Waals surface area contributed by atoms with Crippen molar-refractivity contribution in [3.05, 3.63) is 27.8 Å². The second-order valence-electron chi connectivity index (χ2n) is 6.13. The fourth-order valence-corrected chi connectivity index (χ4v) is 4.77. The second kappa shape index (κ2) is 8.30. The van der Waals surface area contributed by atoms with Gasteiger partial charge in [0.25, 0.3) is 0 Å². The Labute approximate surface area is 162 Å². The maximum Gasteiger partial charge on any atom is 0.243 e. The number of amides is 1. The molecule has 2 saturated heterocycles. The summed E-state index contributed by atoms with van der Waals surface area (Å²) in [5, 5.41) is 0. The Morgan fingerprint density at radius 1 is 1.00 bits per heavy atom. The average molecular weight is 479 g/mol. The Kier molecular flexibility index (Phi) is 6.31. The van der Waals surface area contributed by atoms with Crippen LogP contribution in [0.1, 0.15) is 0 Å².